The van der Waals surface area contributed by atoms with Gasteiger partial charge in [0.15, 0.2) is 5.82 Å². The summed E-state index contributed by atoms with van der Waals surface area (Å²) in [4.78, 5) is 17.5. The van der Waals surface area contributed by atoms with Gasteiger partial charge >= 0.3 is 0 Å². The van der Waals surface area contributed by atoms with E-state index in [1.807, 2.05) is 39.0 Å². The molecule has 1 fully saturated rings. The Morgan fingerprint density at radius 1 is 1.29 bits per heavy atom. The van der Waals surface area contributed by atoms with E-state index in [2.05, 4.69) is 20.8 Å². The summed E-state index contributed by atoms with van der Waals surface area (Å²) in [6, 6.07) is 7.34. The zero-order chi connectivity index (χ0) is 20.2. The van der Waals surface area contributed by atoms with E-state index in [1.54, 1.807) is 13.2 Å². The first-order chi connectivity index (χ1) is 13.3. The van der Waals surface area contributed by atoms with Crippen LogP contribution in [0.2, 0.25) is 0 Å². The van der Waals surface area contributed by atoms with E-state index in [0.29, 0.717) is 36.0 Å². The van der Waals surface area contributed by atoms with Crippen LogP contribution in [0.1, 0.15) is 49.8 Å². The van der Waals surface area contributed by atoms with Crippen LogP contribution < -0.4 is 10.6 Å². The van der Waals surface area contributed by atoms with Crippen molar-refractivity contribution in [2.75, 3.05) is 33.4 Å². The maximum Gasteiger partial charge on any atom is 0.258 e. The minimum absolute atomic E-state index is 0.0332. The lowest BCUT2D eigenvalue weighted by molar-refractivity contribution is 0.0512. The fraction of sp³-hybridized carbons (Fsp3) is 0.571. The second-order valence-electron chi connectivity index (χ2n) is 8.58. The molecule has 1 aromatic carbocycles. The van der Waals surface area contributed by atoms with E-state index in [-0.39, 0.29) is 16.7 Å². The van der Waals surface area contributed by atoms with Gasteiger partial charge in [0.2, 0.25) is 0 Å². The number of rotatable bonds is 6. The molecule has 7 nitrogen and oxygen atoms in total. The van der Waals surface area contributed by atoms with Crippen molar-refractivity contribution in [2.24, 2.45) is 5.41 Å². The highest BCUT2D eigenvalue weighted by atomic mass is 16.5. The van der Waals surface area contributed by atoms with Crippen LogP contribution in [0.4, 0.5) is 0 Å². The summed E-state index contributed by atoms with van der Waals surface area (Å²) in [5, 5.41) is 10.5. The number of nitrogens with zero attached hydrogens (tertiary/aromatic N) is 2. The molecule has 1 aliphatic heterocycles. The average Bonchev–Trinajstić information content (AvgIpc) is 3.18. The van der Waals surface area contributed by atoms with Crippen LogP contribution in [0.3, 0.4) is 0 Å². The predicted molar refractivity (Wildman–Crippen MR) is 107 cm³/mol. The third-order valence-corrected chi connectivity index (χ3v) is 5.24. The summed E-state index contributed by atoms with van der Waals surface area (Å²) in [6.45, 7) is 9.15. The topological polar surface area (TPSA) is 89.3 Å². The van der Waals surface area contributed by atoms with Gasteiger partial charge in [0.05, 0.1) is 17.7 Å². The first-order valence-electron chi connectivity index (χ1n) is 9.76. The number of amides is 1. The van der Waals surface area contributed by atoms with E-state index in [4.69, 9.17) is 9.26 Å². The minimum Gasteiger partial charge on any atom is -0.384 e. The molecule has 1 saturated heterocycles. The highest BCUT2D eigenvalue weighted by Gasteiger charge is 2.33. The molecule has 0 atom stereocenters. The number of hydrogen-bond acceptors (Lipinski definition) is 6. The lowest BCUT2D eigenvalue weighted by Crippen LogP contribution is -2.47. The predicted octanol–water partition coefficient (Wildman–Crippen LogP) is 2.78. The van der Waals surface area contributed by atoms with Gasteiger partial charge in [0.25, 0.3) is 11.8 Å². The third-order valence-electron chi connectivity index (χ3n) is 5.24. The molecule has 0 aliphatic carbocycles. The van der Waals surface area contributed by atoms with E-state index in [1.165, 1.54) is 0 Å². The Kier molecular flexibility index (Phi) is 6.15. The SMILES string of the molecule is COCC1(CNC(=O)c2ccccc2-c2nc(C(C)(C)C)no2)CCNCC1. The second-order valence-corrected chi connectivity index (χ2v) is 8.58. The maximum atomic E-state index is 13.0. The van der Waals surface area contributed by atoms with Crippen molar-refractivity contribution in [2.45, 2.75) is 39.0 Å². The Morgan fingerprint density at radius 2 is 2.00 bits per heavy atom. The van der Waals surface area contributed by atoms with Crippen LogP contribution in [0, 0.1) is 5.41 Å². The summed E-state index contributed by atoms with van der Waals surface area (Å²) in [6.07, 6.45) is 1.95. The summed E-state index contributed by atoms with van der Waals surface area (Å²) in [5.74, 6) is 0.843. The van der Waals surface area contributed by atoms with E-state index < -0.39 is 0 Å². The molecule has 0 saturated carbocycles. The molecule has 3 rings (SSSR count). The molecule has 2 heterocycles. The largest absolute Gasteiger partial charge is 0.384 e. The number of hydrogen-bond donors (Lipinski definition) is 2. The number of methoxy groups -OCH3 is 1. The number of carbonyl (C=O) groups is 1. The van der Waals surface area contributed by atoms with Crippen molar-refractivity contribution < 1.29 is 14.1 Å². The van der Waals surface area contributed by atoms with Crippen molar-refractivity contribution in [3.8, 4) is 11.5 Å². The van der Waals surface area contributed by atoms with Crippen LogP contribution in [0.15, 0.2) is 28.8 Å². The molecule has 0 bridgehead atoms. The van der Waals surface area contributed by atoms with Crippen molar-refractivity contribution in [3.05, 3.63) is 35.7 Å². The van der Waals surface area contributed by atoms with Gasteiger partial charge < -0.3 is 19.9 Å². The van der Waals surface area contributed by atoms with Gasteiger partial charge in [-0.05, 0) is 38.1 Å². The molecule has 152 valence electrons. The fourth-order valence-corrected chi connectivity index (χ4v) is 3.50. The van der Waals surface area contributed by atoms with Crippen LogP contribution in [-0.2, 0) is 10.2 Å². The zero-order valence-electron chi connectivity index (χ0n) is 17.2. The average molecular weight is 386 g/mol. The van der Waals surface area contributed by atoms with Gasteiger partial charge in [0.1, 0.15) is 0 Å². The Balaban J connectivity index is 1.78. The highest BCUT2D eigenvalue weighted by molar-refractivity contribution is 5.99. The third kappa shape index (κ3) is 4.59. The molecule has 0 unspecified atom stereocenters. The molecule has 2 aromatic rings. The first-order valence-corrected chi connectivity index (χ1v) is 9.76. The van der Waals surface area contributed by atoms with Crippen molar-refractivity contribution in [1.82, 2.24) is 20.8 Å². The Hall–Kier alpha value is -2.25. The molecule has 0 radical (unpaired) electrons. The van der Waals surface area contributed by atoms with Crippen molar-refractivity contribution in [1.29, 1.82) is 0 Å². The molecular formula is C21H30N4O3. The standard InChI is InChI=1S/C21H30N4O3/c1-20(2,3)19-24-18(28-25-19)16-8-6-5-7-15(16)17(26)23-13-21(14-27-4)9-11-22-12-10-21/h5-8,22H,9-14H2,1-4H3,(H,23,26). The smallest absolute Gasteiger partial charge is 0.258 e. The lowest BCUT2D eigenvalue weighted by atomic mass is 9.79. The number of aromatic nitrogens is 2. The molecule has 2 N–H and O–H groups in total. The van der Waals surface area contributed by atoms with E-state index >= 15 is 0 Å². The molecule has 1 amide bonds. The Labute approximate surface area is 166 Å². The quantitative estimate of drug-likeness (QED) is 0.794. The molecule has 1 aromatic heterocycles. The minimum atomic E-state index is -0.222. The maximum absolute atomic E-state index is 13.0. The van der Waals surface area contributed by atoms with Gasteiger partial charge in [0, 0.05) is 24.5 Å². The first kappa shape index (κ1) is 20.5. The van der Waals surface area contributed by atoms with Gasteiger partial charge in [-0.3, -0.25) is 4.79 Å². The number of ether oxygens (including phenoxy) is 1. The lowest BCUT2D eigenvalue weighted by Gasteiger charge is -2.37. The summed E-state index contributed by atoms with van der Waals surface area (Å²) < 4.78 is 10.9. The van der Waals surface area contributed by atoms with Crippen molar-refractivity contribution >= 4 is 5.91 Å². The van der Waals surface area contributed by atoms with Crippen LogP contribution in [0.5, 0.6) is 0 Å². The van der Waals surface area contributed by atoms with Gasteiger partial charge in [-0.15, -0.1) is 0 Å². The number of benzene rings is 1. The molecular weight excluding hydrogens is 356 g/mol. The molecule has 0 spiro atoms. The summed E-state index contributed by atoms with van der Waals surface area (Å²) in [7, 11) is 1.71. The number of carbonyl (C=O) groups excluding carboxylic acids is 1. The second kappa shape index (κ2) is 8.41. The van der Waals surface area contributed by atoms with Crippen LogP contribution in [-0.4, -0.2) is 49.4 Å². The van der Waals surface area contributed by atoms with Crippen LogP contribution >= 0.6 is 0 Å². The molecule has 1 aliphatic rings. The van der Waals surface area contributed by atoms with Crippen LogP contribution in [0.25, 0.3) is 11.5 Å². The molecule has 28 heavy (non-hydrogen) atoms. The molecule has 7 heteroatoms. The van der Waals surface area contributed by atoms with Gasteiger partial charge in [-0.25, -0.2) is 0 Å². The van der Waals surface area contributed by atoms with E-state index in [9.17, 15) is 4.79 Å². The Bertz CT molecular complexity index is 798. The normalized spacial score (nSPS) is 16.7. The van der Waals surface area contributed by atoms with Gasteiger partial charge in [-0.1, -0.05) is 38.1 Å². The monoisotopic (exact) mass is 386 g/mol. The fourth-order valence-electron chi connectivity index (χ4n) is 3.50. The number of piperidine rings is 1. The summed E-state index contributed by atoms with van der Waals surface area (Å²) >= 11 is 0. The zero-order valence-corrected chi connectivity index (χ0v) is 17.2. The van der Waals surface area contributed by atoms with Crippen molar-refractivity contribution in [3.63, 3.8) is 0 Å². The summed E-state index contributed by atoms with van der Waals surface area (Å²) in [5.41, 5.74) is 0.928. The highest BCUT2D eigenvalue weighted by Crippen LogP contribution is 2.29. The van der Waals surface area contributed by atoms with Gasteiger partial charge in [-0.2, -0.15) is 4.98 Å². The van der Waals surface area contributed by atoms with E-state index in [0.717, 1.165) is 25.9 Å². The number of nitrogens with one attached hydrogen (secondary N) is 2. The Morgan fingerprint density at radius 3 is 2.64 bits per heavy atom.